The molecule has 0 saturated heterocycles. The molecule has 0 amide bonds. The van der Waals surface area contributed by atoms with Crippen molar-refractivity contribution in [3.8, 4) is 5.88 Å². The van der Waals surface area contributed by atoms with E-state index in [1.165, 1.54) is 12.5 Å². The molecule has 0 unspecified atom stereocenters. The van der Waals surface area contributed by atoms with Gasteiger partial charge in [0, 0.05) is 18.4 Å². The average Bonchev–Trinajstić information content (AvgIpc) is 2.97. The van der Waals surface area contributed by atoms with Crippen LogP contribution in [-0.4, -0.2) is 36.8 Å². The molecule has 0 radical (unpaired) electrons. The number of sulfone groups is 1. The number of hydrogen-bond donors (Lipinski definition) is 0. The number of carbonyl (C=O) groups is 1. The minimum absolute atomic E-state index is 0.243. The van der Waals surface area contributed by atoms with E-state index in [0.29, 0.717) is 40.2 Å². The summed E-state index contributed by atoms with van der Waals surface area (Å²) in [7, 11) is -3.38. The Bertz CT molecular complexity index is 972. The second-order valence-corrected chi connectivity index (χ2v) is 8.15. The minimum Gasteiger partial charge on any atom is -0.473 e. The number of benzene rings is 1. The van der Waals surface area contributed by atoms with Crippen molar-refractivity contribution in [2.24, 2.45) is 0 Å². The molecular formula is C19H24N2O4S. The topological polar surface area (TPSA) is 78.3 Å². The highest BCUT2D eigenvalue weighted by molar-refractivity contribution is 7.90. The third-order valence-electron chi connectivity index (χ3n) is 4.31. The van der Waals surface area contributed by atoms with Gasteiger partial charge in [0.1, 0.15) is 12.2 Å². The highest BCUT2D eigenvalue weighted by Crippen LogP contribution is 2.29. The number of ether oxygens (including phenoxy) is 1. The molecule has 140 valence electrons. The van der Waals surface area contributed by atoms with Crippen LogP contribution in [0.4, 0.5) is 0 Å². The fourth-order valence-corrected chi connectivity index (χ4v) is 4.41. The second-order valence-electron chi connectivity index (χ2n) is 6.20. The molecule has 0 bridgehead atoms. The van der Waals surface area contributed by atoms with Crippen molar-refractivity contribution < 1.29 is 17.9 Å². The second kappa shape index (κ2) is 7.45. The molecule has 2 rings (SSSR count). The first-order valence-corrected chi connectivity index (χ1v) is 10.2. The van der Waals surface area contributed by atoms with Crippen molar-refractivity contribution in [1.82, 2.24) is 9.78 Å². The molecule has 0 saturated carbocycles. The fourth-order valence-electron chi connectivity index (χ4n) is 3.06. The molecule has 1 aromatic carbocycles. The standard InChI is InChI=1S/C19H24N2O4S/c1-7-9-25-19-16(11-20-21(19)8-2)17(22)15-10-12(3)18(26(6,23)24)14(5)13(15)4/h7,10-11H,1,8-9H2,2-6H3. The Morgan fingerprint density at radius 2 is 1.92 bits per heavy atom. The lowest BCUT2D eigenvalue weighted by Crippen LogP contribution is -2.12. The summed E-state index contributed by atoms with van der Waals surface area (Å²) in [6, 6.07) is 1.63. The van der Waals surface area contributed by atoms with E-state index < -0.39 is 9.84 Å². The van der Waals surface area contributed by atoms with Gasteiger partial charge in [0.15, 0.2) is 15.6 Å². The molecule has 0 N–H and O–H groups in total. The van der Waals surface area contributed by atoms with Crippen molar-refractivity contribution in [1.29, 1.82) is 0 Å². The smallest absolute Gasteiger partial charge is 0.223 e. The monoisotopic (exact) mass is 376 g/mol. The van der Waals surface area contributed by atoms with Crippen LogP contribution < -0.4 is 4.74 Å². The zero-order valence-electron chi connectivity index (χ0n) is 15.8. The maximum Gasteiger partial charge on any atom is 0.223 e. The van der Waals surface area contributed by atoms with Gasteiger partial charge in [-0.3, -0.25) is 4.79 Å². The van der Waals surface area contributed by atoms with Crippen LogP contribution >= 0.6 is 0 Å². The number of hydrogen-bond acceptors (Lipinski definition) is 5. The Kier molecular flexibility index (Phi) is 5.71. The van der Waals surface area contributed by atoms with E-state index in [4.69, 9.17) is 4.74 Å². The van der Waals surface area contributed by atoms with Crippen LogP contribution in [0.15, 0.2) is 29.8 Å². The SMILES string of the molecule is C=CCOc1c(C(=O)c2cc(C)c(S(C)(=O)=O)c(C)c2C)cnn1CC. The highest BCUT2D eigenvalue weighted by Gasteiger charge is 2.25. The van der Waals surface area contributed by atoms with Gasteiger partial charge in [0.05, 0.1) is 11.1 Å². The molecule has 0 aliphatic heterocycles. The summed E-state index contributed by atoms with van der Waals surface area (Å²) in [6.45, 7) is 11.5. The van der Waals surface area contributed by atoms with Gasteiger partial charge in [0.25, 0.3) is 0 Å². The van der Waals surface area contributed by atoms with Crippen LogP contribution in [0.2, 0.25) is 0 Å². The molecular weight excluding hydrogens is 352 g/mol. The maximum atomic E-state index is 13.1. The fraction of sp³-hybridized carbons (Fsp3) is 0.368. The summed E-state index contributed by atoms with van der Waals surface area (Å²) < 4.78 is 31.4. The predicted octanol–water partition coefficient (Wildman–Crippen LogP) is 3.03. The average molecular weight is 376 g/mol. The van der Waals surface area contributed by atoms with Gasteiger partial charge in [-0.25, -0.2) is 13.1 Å². The lowest BCUT2D eigenvalue weighted by molar-refractivity contribution is 0.103. The van der Waals surface area contributed by atoms with E-state index >= 15 is 0 Å². The van der Waals surface area contributed by atoms with E-state index in [9.17, 15) is 13.2 Å². The normalized spacial score (nSPS) is 11.4. The summed E-state index contributed by atoms with van der Waals surface area (Å²) in [5.74, 6) is 0.145. The molecule has 0 aliphatic carbocycles. The zero-order chi connectivity index (χ0) is 19.6. The van der Waals surface area contributed by atoms with Crippen LogP contribution in [0.1, 0.15) is 39.5 Å². The van der Waals surface area contributed by atoms with Crippen molar-refractivity contribution in [2.75, 3.05) is 12.9 Å². The molecule has 1 aromatic heterocycles. The van der Waals surface area contributed by atoms with Gasteiger partial charge in [-0.05, 0) is 50.5 Å². The maximum absolute atomic E-state index is 13.1. The molecule has 6 nitrogen and oxygen atoms in total. The zero-order valence-corrected chi connectivity index (χ0v) is 16.6. The van der Waals surface area contributed by atoms with E-state index in [2.05, 4.69) is 11.7 Å². The summed E-state index contributed by atoms with van der Waals surface area (Å²) in [5, 5.41) is 4.21. The first-order valence-electron chi connectivity index (χ1n) is 8.28. The summed E-state index contributed by atoms with van der Waals surface area (Å²) in [4.78, 5) is 13.4. The highest BCUT2D eigenvalue weighted by atomic mass is 32.2. The first-order chi connectivity index (χ1) is 12.1. The summed E-state index contributed by atoms with van der Waals surface area (Å²) in [6.07, 6.45) is 4.26. The molecule has 0 spiro atoms. The number of aryl methyl sites for hydroxylation is 2. The lowest BCUT2D eigenvalue weighted by Gasteiger charge is -2.15. The first kappa shape index (κ1) is 19.9. The Labute approximate surface area is 154 Å². The number of carbonyl (C=O) groups excluding carboxylic acids is 1. The summed E-state index contributed by atoms with van der Waals surface area (Å²) in [5.41, 5.74) is 2.58. The van der Waals surface area contributed by atoms with E-state index in [1.807, 2.05) is 6.92 Å². The van der Waals surface area contributed by atoms with E-state index in [0.717, 1.165) is 0 Å². The molecule has 7 heteroatoms. The number of rotatable bonds is 7. The summed E-state index contributed by atoms with van der Waals surface area (Å²) >= 11 is 0. The van der Waals surface area contributed by atoms with Crippen LogP contribution in [0, 0.1) is 20.8 Å². The Morgan fingerprint density at radius 3 is 2.46 bits per heavy atom. The van der Waals surface area contributed by atoms with Crippen LogP contribution in [-0.2, 0) is 16.4 Å². The van der Waals surface area contributed by atoms with Gasteiger partial charge in [-0.2, -0.15) is 5.10 Å². The van der Waals surface area contributed by atoms with Gasteiger partial charge < -0.3 is 4.74 Å². The van der Waals surface area contributed by atoms with Gasteiger partial charge in [-0.1, -0.05) is 12.7 Å². The van der Waals surface area contributed by atoms with E-state index in [-0.39, 0.29) is 17.3 Å². The van der Waals surface area contributed by atoms with Gasteiger partial charge >= 0.3 is 0 Å². The molecule has 0 atom stereocenters. The van der Waals surface area contributed by atoms with Gasteiger partial charge in [-0.15, -0.1) is 0 Å². The van der Waals surface area contributed by atoms with Gasteiger partial charge in [0.2, 0.25) is 5.88 Å². The molecule has 2 aromatic rings. The Hall–Kier alpha value is -2.41. The molecule has 0 aliphatic rings. The third kappa shape index (κ3) is 3.58. The minimum atomic E-state index is -3.38. The van der Waals surface area contributed by atoms with Crippen molar-refractivity contribution in [2.45, 2.75) is 39.1 Å². The lowest BCUT2D eigenvalue weighted by atomic mass is 9.95. The number of aromatic nitrogens is 2. The Morgan fingerprint density at radius 1 is 1.27 bits per heavy atom. The number of ketones is 1. The third-order valence-corrected chi connectivity index (χ3v) is 5.68. The predicted molar refractivity (Wildman–Crippen MR) is 101 cm³/mol. The van der Waals surface area contributed by atoms with E-state index in [1.54, 1.807) is 37.6 Å². The number of nitrogens with zero attached hydrogens (tertiary/aromatic N) is 2. The largest absolute Gasteiger partial charge is 0.473 e. The van der Waals surface area contributed by atoms with Crippen molar-refractivity contribution in [3.05, 3.63) is 52.7 Å². The van der Waals surface area contributed by atoms with Crippen LogP contribution in [0.5, 0.6) is 5.88 Å². The molecule has 1 heterocycles. The van der Waals surface area contributed by atoms with Crippen LogP contribution in [0.25, 0.3) is 0 Å². The molecule has 0 fully saturated rings. The van der Waals surface area contributed by atoms with Crippen LogP contribution in [0.3, 0.4) is 0 Å². The van der Waals surface area contributed by atoms with Crippen molar-refractivity contribution in [3.63, 3.8) is 0 Å². The Balaban J connectivity index is 2.62. The van der Waals surface area contributed by atoms with Crippen molar-refractivity contribution >= 4 is 15.6 Å². The quantitative estimate of drug-likeness (QED) is 0.548. The molecule has 26 heavy (non-hydrogen) atoms.